The number of carbonyl (C=O) groups is 1. The largest absolute Gasteiger partial charge is 0.496 e. The number of hydrogen-bond acceptors (Lipinski definition) is 3. The average Bonchev–Trinajstić information content (AvgIpc) is 2.31. The van der Waals surface area contributed by atoms with E-state index in [-0.39, 0.29) is 24.2 Å². The Hall–Kier alpha value is -1.26. The number of aryl methyl sites for hydroxylation is 1. The molecule has 20 heavy (non-hydrogen) atoms. The molecule has 0 aliphatic carbocycles. The Kier molecular flexibility index (Phi) is 5.84. The van der Waals surface area contributed by atoms with Gasteiger partial charge >= 0.3 is 0 Å². The van der Waals surface area contributed by atoms with Crippen LogP contribution in [-0.2, 0) is 4.79 Å². The van der Waals surface area contributed by atoms with E-state index in [1.54, 1.807) is 7.11 Å². The van der Waals surface area contributed by atoms with Crippen LogP contribution in [0.4, 0.5) is 5.69 Å². The summed E-state index contributed by atoms with van der Waals surface area (Å²) in [7, 11) is 1.66. The van der Waals surface area contributed by atoms with Crippen molar-refractivity contribution in [2.75, 3.05) is 25.5 Å². The molecule has 1 aliphatic heterocycles. The smallest absolute Gasteiger partial charge is 0.227 e. The summed E-state index contributed by atoms with van der Waals surface area (Å²) in [4.78, 5) is 12.2. The molecule has 1 fully saturated rings. The van der Waals surface area contributed by atoms with Gasteiger partial charge in [0, 0.05) is 17.2 Å². The van der Waals surface area contributed by atoms with E-state index in [1.165, 1.54) is 0 Å². The second-order valence-corrected chi connectivity index (χ2v) is 5.28. The van der Waals surface area contributed by atoms with Crippen LogP contribution in [0.25, 0.3) is 0 Å². The highest BCUT2D eigenvalue weighted by Crippen LogP contribution is 2.30. The Labute approximate surface area is 126 Å². The van der Waals surface area contributed by atoms with E-state index in [9.17, 15) is 4.79 Å². The number of carbonyl (C=O) groups excluding carboxylic acids is 1. The summed E-state index contributed by atoms with van der Waals surface area (Å²) < 4.78 is 5.38. The summed E-state index contributed by atoms with van der Waals surface area (Å²) >= 11 is 0. The Morgan fingerprint density at radius 3 is 2.55 bits per heavy atom. The fourth-order valence-electron chi connectivity index (χ4n) is 2.40. The van der Waals surface area contributed by atoms with Crippen LogP contribution in [-0.4, -0.2) is 26.1 Å². The van der Waals surface area contributed by atoms with Gasteiger partial charge in [0.2, 0.25) is 5.91 Å². The van der Waals surface area contributed by atoms with Crippen molar-refractivity contribution in [3.8, 4) is 5.75 Å². The molecule has 1 amide bonds. The van der Waals surface area contributed by atoms with Crippen molar-refractivity contribution >= 4 is 24.0 Å². The maximum absolute atomic E-state index is 12.2. The van der Waals surface area contributed by atoms with Crippen LogP contribution in [0.2, 0.25) is 0 Å². The number of hydrogen-bond donors (Lipinski definition) is 2. The van der Waals surface area contributed by atoms with Gasteiger partial charge in [-0.05, 0) is 44.5 Å². The maximum Gasteiger partial charge on any atom is 0.227 e. The molecule has 0 bridgehead atoms. The molecule has 4 nitrogen and oxygen atoms in total. The number of ether oxygens (including phenoxy) is 1. The number of halogens is 1. The topological polar surface area (TPSA) is 50.4 Å². The SMILES string of the molecule is COc1c(C)ccc(NC(=O)C(C)C2CNC2)c1C.Cl. The van der Waals surface area contributed by atoms with Gasteiger partial charge in [-0.2, -0.15) is 0 Å². The molecule has 1 atom stereocenters. The van der Waals surface area contributed by atoms with Gasteiger partial charge in [-0.15, -0.1) is 12.4 Å². The minimum atomic E-state index is 0. The van der Waals surface area contributed by atoms with Crippen LogP contribution in [0.3, 0.4) is 0 Å². The number of anilines is 1. The maximum atomic E-state index is 12.2. The van der Waals surface area contributed by atoms with E-state index in [4.69, 9.17) is 4.74 Å². The van der Waals surface area contributed by atoms with Gasteiger partial charge in [0.05, 0.1) is 7.11 Å². The molecule has 0 saturated carbocycles. The summed E-state index contributed by atoms with van der Waals surface area (Å²) in [5, 5.41) is 6.21. The molecule has 112 valence electrons. The lowest BCUT2D eigenvalue weighted by Crippen LogP contribution is -2.48. The second kappa shape index (κ2) is 6.95. The Balaban J connectivity index is 0.00000200. The molecule has 1 aliphatic rings. The first-order chi connectivity index (χ1) is 9.04. The Morgan fingerprint density at radius 1 is 1.40 bits per heavy atom. The van der Waals surface area contributed by atoms with Crippen molar-refractivity contribution in [3.05, 3.63) is 23.3 Å². The van der Waals surface area contributed by atoms with E-state index in [1.807, 2.05) is 32.9 Å². The molecule has 0 radical (unpaired) electrons. The molecule has 5 heteroatoms. The summed E-state index contributed by atoms with van der Waals surface area (Å²) in [6.07, 6.45) is 0. The first-order valence-electron chi connectivity index (χ1n) is 6.70. The lowest BCUT2D eigenvalue weighted by Gasteiger charge is -2.31. The molecular formula is C15H23ClN2O2. The third-order valence-corrected chi connectivity index (χ3v) is 4.00. The molecule has 0 spiro atoms. The van der Waals surface area contributed by atoms with Crippen molar-refractivity contribution in [2.45, 2.75) is 20.8 Å². The van der Waals surface area contributed by atoms with Gasteiger partial charge in [0.1, 0.15) is 5.75 Å². The highest BCUT2D eigenvalue weighted by Gasteiger charge is 2.29. The minimum Gasteiger partial charge on any atom is -0.496 e. The van der Waals surface area contributed by atoms with Crippen LogP contribution in [0.5, 0.6) is 5.75 Å². The minimum absolute atomic E-state index is 0. The van der Waals surface area contributed by atoms with Crippen LogP contribution in [0.15, 0.2) is 12.1 Å². The van der Waals surface area contributed by atoms with E-state index in [0.29, 0.717) is 5.92 Å². The molecule has 1 unspecified atom stereocenters. The van der Waals surface area contributed by atoms with Crippen molar-refractivity contribution in [2.24, 2.45) is 11.8 Å². The van der Waals surface area contributed by atoms with Gasteiger partial charge in [-0.25, -0.2) is 0 Å². The monoisotopic (exact) mass is 298 g/mol. The van der Waals surface area contributed by atoms with E-state index in [0.717, 1.165) is 35.7 Å². The molecule has 1 saturated heterocycles. The fraction of sp³-hybridized carbons (Fsp3) is 0.533. The summed E-state index contributed by atoms with van der Waals surface area (Å²) in [5.41, 5.74) is 2.90. The van der Waals surface area contributed by atoms with Crippen LogP contribution in [0, 0.1) is 25.7 Å². The van der Waals surface area contributed by atoms with Crippen LogP contribution in [0.1, 0.15) is 18.1 Å². The zero-order valence-electron chi connectivity index (χ0n) is 12.4. The third-order valence-electron chi connectivity index (χ3n) is 4.00. The van der Waals surface area contributed by atoms with E-state index >= 15 is 0 Å². The lowest BCUT2D eigenvalue weighted by molar-refractivity contribution is -0.121. The van der Waals surface area contributed by atoms with E-state index < -0.39 is 0 Å². The molecule has 1 aromatic rings. The van der Waals surface area contributed by atoms with Crippen LogP contribution < -0.4 is 15.4 Å². The number of methoxy groups -OCH3 is 1. The molecule has 2 rings (SSSR count). The highest BCUT2D eigenvalue weighted by atomic mass is 35.5. The summed E-state index contributed by atoms with van der Waals surface area (Å²) in [6, 6.07) is 3.91. The highest BCUT2D eigenvalue weighted by molar-refractivity contribution is 5.93. The quantitative estimate of drug-likeness (QED) is 0.898. The summed E-state index contributed by atoms with van der Waals surface area (Å²) in [6.45, 7) is 7.83. The second-order valence-electron chi connectivity index (χ2n) is 5.28. The number of nitrogens with one attached hydrogen (secondary N) is 2. The van der Waals surface area contributed by atoms with Gasteiger partial charge in [0.15, 0.2) is 0 Å². The standard InChI is InChI=1S/C15H22N2O2.ClH/c1-9-5-6-13(11(3)14(9)19-4)17-15(18)10(2)12-7-16-8-12;/h5-6,10,12,16H,7-8H2,1-4H3,(H,17,18);1H. The van der Waals surface area contributed by atoms with Crippen molar-refractivity contribution in [1.29, 1.82) is 0 Å². The molecule has 0 aromatic heterocycles. The number of amides is 1. The third kappa shape index (κ3) is 3.25. The predicted octanol–water partition coefficient (Wildman–Crippen LogP) is 2.53. The first-order valence-corrected chi connectivity index (χ1v) is 6.70. The number of rotatable bonds is 4. The fourth-order valence-corrected chi connectivity index (χ4v) is 2.40. The van der Waals surface area contributed by atoms with Crippen molar-refractivity contribution in [3.63, 3.8) is 0 Å². The summed E-state index contributed by atoms with van der Waals surface area (Å²) in [5.74, 6) is 1.41. The average molecular weight is 299 g/mol. The van der Waals surface area contributed by atoms with Crippen molar-refractivity contribution in [1.82, 2.24) is 5.32 Å². The number of benzene rings is 1. The molecule has 1 heterocycles. The van der Waals surface area contributed by atoms with Gasteiger partial charge < -0.3 is 15.4 Å². The normalized spacial score (nSPS) is 15.8. The first kappa shape index (κ1) is 16.8. The van der Waals surface area contributed by atoms with Gasteiger partial charge in [-0.3, -0.25) is 4.79 Å². The predicted molar refractivity (Wildman–Crippen MR) is 83.9 cm³/mol. The van der Waals surface area contributed by atoms with Gasteiger partial charge in [0.25, 0.3) is 0 Å². The zero-order valence-corrected chi connectivity index (χ0v) is 13.3. The van der Waals surface area contributed by atoms with Gasteiger partial charge in [-0.1, -0.05) is 13.0 Å². The van der Waals surface area contributed by atoms with E-state index in [2.05, 4.69) is 10.6 Å². The molecular weight excluding hydrogens is 276 g/mol. The zero-order chi connectivity index (χ0) is 14.0. The molecule has 2 N–H and O–H groups in total. The van der Waals surface area contributed by atoms with Crippen LogP contribution >= 0.6 is 12.4 Å². The Bertz CT molecular complexity index is 487. The van der Waals surface area contributed by atoms with Crippen molar-refractivity contribution < 1.29 is 9.53 Å². The lowest BCUT2D eigenvalue weighted by atomic mass is 9.88. The Morgan fingerprint density at radius 2 is 2.05 bits per heavy atom. The molecule has 1 aromatic carbocycles.